The summed E-state index contributed by atoms with van der Waals surface area (Å²) in [6, 6.07) is -0.316. The zero-order valence-electron chi connectivity index (χ0n) is 5.13. The number of carbonyl (C=O) groups is 1. The van der Waals surface area contributed by atoms with Gasteiger partial charge in [-0.1, -0.05) is 12.8 Å². The SMILES string of the molecule is CSCC(NS)C(N)=O. The van der Waals surface area contributed by atoms with Gasteiger partial charge in [-0.2, -0.15) is 11.8 Å². The first kappa shape index (κ1) is 9.13. The lowest BCUT2D eigenvalue weighted by atomic mass is 10.3. The monoisotopic (exact) mass is 166 g/mol. The number of nitrogens with two attached hydrogens (primary N) is 1. The zero-order chi connectivity index (χ0) is 7.28. The number of thioether (sulfide) groups is 1. The maximum atomic E-state index is 10.4. The minimum absolute atomic E-state index is 0.316. The molecule has 3 nitrogen and oxygen atoms in total. The number of nitrogens with one attached hydrogen (secondary N) is 1. The summed E-state index contributed by atoms with van der Waals surface area (Å²) < 4.78 is 2.50. The van der Waals surface area contributed by atoms with E-state index in [4.69, 9.17) is 5.73 Å². The van der Waals surface area contributed by atoms with Crippen LogP contribution in [-0.4, -0.2) is 24.0 Å². The molecule has 0 rings (SSSR count). The Morgan fingerprint density at radius 2 is 2.56 bits per heavy atom. The van der Waals surface area contributed by atoms with Crippen LogP contribution in [0.25, 0.3) is 0 Å². The Bertz CT molecular complexity index is 98.6. The molecule has 1 unspecified atom stereocenters. The predicted molar refractivity (Wildman–Crippen MR) is 43.5 cm³/mol. The molecule has 0 aromatic carbocycles. The maximum absolute atomic E-state index is 10.4. The Hall–Kier alpha value is 0.130. The molecule has 0 aromatic heterocycles. The molecule has 1 atom stereocenters. The van der Waals surface area contributed by atoms with Crippen LogP contribution in [0, 0.1) is 0 Å². The first-order valence-electron chi connectivity index (χ1n) is 2.40. The summed E-state index contributed by atoms with van der Waals surface area (Å²) in [7, 11) is 0. The van der Waals surface area contributed by atoms with Crippen molar-refractivity contribution in [1.82, 2.24) is 4.72 Å². The number of hydrogen-bond donors (Lipinski definition) is 3. The highest BCUT2D eigenvalue weighted by Gasteiger charge is 2.10. The van der Waals surface area contributed by atoms with Crippen LogP contribution in [0.5, 0.6) is 0 Å². The van der Waals surface area contributed by atoms with Crippen LogP contribution in [0.15, 0.2) is 0 Å². The van der Waals surface area contributed by atoms with Gasteiger partial charge in [0.1, 0.15) is 6.04 Å². The molecule has 0 fully saturated rings. The molecule has 0 spiro atoms. The van der Waals surface area contributed by atoms with E-state index in [-0.39, 0.29) is 11.9 Å². The summed E-state index contributed by atoms with van der Waals surface area (Å²) in [5, 5.41) is 0. The third-order valence-electron chi connectivity index (χ3n) is 0.833. The number of primary amides is 1. The van der Waals surface area contributed by atoms with Crippen LogP contribution in [0.1, 0.15) is 0 Å². The Morgan fingerprint density at radius 1 is 2.00 bits per heavy atom. The maximum Gasteiger partial charge on any atom is 0.236 e. The van der Waals surface area contributed by atoms with E-state index in [1.165, 1.54) is 0 Å². The fourth-order valence-electron chi connectivity index (χ4n) is 0.350. The van der Waals surface area contributed by atoms with Gasteiger partial charge in [-0.25, -0.2) is 0 Å². The van der Waals surface area contributed by atoms with Gasteiger partial charge < -0.3 is 5.73 Å². The summed E-state index contributed by atoms with van der Waals surface area (Å²) in [4.78, 5) is 10.4. The van der Waals surface area contributed by atoms with Crippen molar-refractivity contribution in [2.75, 3.05) is 12.0 Å². The van der Waals surface area contributed by atoms with Crippen LogP contribution in [0.2, 0.25) is 0 Å². The highest BCUT2D eigenvalue weighted by molar-refractivity contribution is 7.98. The van der Waals surface area contributed by atoms with E-state index in [0.29, 0.717) is 5.75 Å². The second kappa shape index (κ2) is 4.96. The standard InChI is InChI=1S/C4H10N2OS2/c1-9-2-3(6-8)4(5)7/h3,6,8H,2H2,1H3,(H2,5,7). The molecular formula is C4H10N2OS2. The highest BCUT2D eigenvalue weighted by Crippen LogP contribution is 1.96. The molecule has 0 bridgehead atoms. The summed E-state index contributed by atoms with van der Waals surface area (Å²) in [5.41, 5.74) is 4.97. The van der Waals surface area contributed by atoms with Crippen molar-refractivity contribution in [3.8, 4) is 0 Å². The number of hydrogen-bond acceptors (Lipinski definition) is 4. The van der Waals surface area contributed by atoms with Gasteiger partial charge >= 0.3 is 0 Å². The Morgan fingerprint density at radius 3 is 2.67 bits per heavy atom. The van der Waals surface area contributed by atoms with Crippen LogP contribution in [-0.2, 0) is 4.79 Å². The first-order chi connectivity index (χ1) is 4.22. The van der Waals surface area contributed by atoms with E-state index >= 15 is 0 Å². The molecular weight excluding hydrogens is 156 g/mol. The smallest absolute Gasteiger partial charge is 0.236 e. The quantitative estimate of drug-likeness (QED) is 0.500. The minimum Gasteiger partial charge on any atom is -0.368 e. The normalized spacial score (nSPS) is 13.1. The Labute approximate surface area is 64.3 Å². The summed E-state index contributed by atoms with van der Waals surface area (Å²) >= 11 is 5.28. The predicted octanol–water partition coefficient (Wildman–Crippen LogP) is -0.362. The van der Waals surface area contributed by atoms with E-state index in [2.05, 4.69) is 17.5 Å². The lowest BCUT2D eigenvalue weighted by molar-refractivity contribution is -0.119. The van der Waals surface area contributed by atoms with Crippen molar-refractivity contribution in [2.45, 2.75) is 6.04 Å². The third kappa shape index (κ3) is 3.66. The molecule has 54 valence electrons. The van der Waals surface area contributed by atoms with Crippen molar-refractivity contribution >= 4 is 30.5 Å². The second-order valence-corrected chi connectivity index (χ2v) is 2.71. The fraction of sp³-hybridized carbons (Fsp3) is 0.750. The molecule has 3 N–H and O–H groups in total. The number of carbonyl (C=O) groups excluding carboxylic acids is 1. The number of amides is 1. The van der Waals surface area contributed by atoms with Crippen molar-refractivity contribution in [3.63, 3.8) is 0 Å². The van der Waals surface area contributed by atoms with Gasteiger partial charge in [-0.15, -0.1) is 0 Å². The van der Waals surface area contributed by atoms with Gasteiger partial charge in [0.05, 0.1) is 0 Å². The molecule has 0 aromatic rings. The van der Waals surface area contributed by atoms with Gasteiger partial charge in [-0.05, 0) is 6.26 Å². The van der Waals surface area contributed by atoms with Gasteiger partial charge in [0.2, 0.25) is 5.91 Å². The molecule has 0 aliphatic heterocycles. The molecule has 0 aliphatic rings. The van der Waals surface area contributed by atoms with Crippen molar-refractivity contribution in [2.24, 2.45) is 5.73 Å². The summed E-state index contributed by atoms with van der Waals surface area (Å²) in [6.45, 7) is 0. The van der Waals surface area contributed by atoms with Gasteiger partial charge in [-0.3, -0.25) is 9.52 Å². The largest absolute Gasteiger partial charge is 0.368 e. The Kier molecular flexibility index (Phi) is 5.03. The average Bonchev–Trinajstić information content (AvgIpc) is 1.82. The van der Waals surface area contributed by atoms with E-state index in [0.717, 1.165) is 0 Å². The molecule has 5 heteroatoms. The molecule has 0 aliphatic carbocycles. The van der Waals surface area contributed by atoms with E-state index in [1.54, 1.807) is 11.8 Å². The van der Waals surface area contributed by atoms with Crippen molar-refractivity contribution in [1.29, 1.82) is 0 Å². The Balaban J connectivity index is 3.54. The molecule has 0 heterocycles. The topological polar surface area (TPSA) is 55.1 Å². The van der Waals surface area contributed by atoms with Gasteiger partial charge in [0.15, 0.2) is 0 Å². The zero-order valence-corrected chi connectivity index (χ0v) is 6.84. The number of rotatable bonds is 4. The molecule has 1 amide bonds. The first-order valence-corrected chi connectivity index (χ1v) is 4.24. The second-order valence-electron chi connectivity index (χ2n) is 1.54. The van der Waals surface area contributed by atoms with Crippen LogP contribution >= 0.6 is 24.6 Å². The molecule has 9 heavy (non-hydrogen) atoms. The van der Waals surface area contributed by atoms with E-state index < -0.39 is 0 Å². The lowest BCUT2D eigenvalue weighted by Gasteiger charge is -2.07. The van der Waals surface area contributed by atoms with E-state index in [9.17, 15) is 4.79 Å². The van der Waals surface area contributed by atoms with Crippen LogP contribution in [0.3, 0.4) is 0 Å². The van der Waals surface area contributed by atoms with Crippen molar-refractivity contribution in [3.05, 3.63) is 0 Å². The molecule has 0 saturated heterocycles. The minimum atomic E-state index is -0.362. The van der Waals surface area contributed by atoms with Gasteiger partial charge in [0.25, 0.3) is 0 Å². The third-order valence-corrected chi connectivity index (χ3v) is 1.81. The summed E-state index contributed by atoms with van der Waals surface area (Å²) in [6.07, 6.45) is 1.90. The fourth-order valence-corrected chi connectivity index (χ4v) is 1.27. The van der Waals surface area contributed by atoms with Crippen LogP contribution in [0.4, 0.5) is 0 Å². The lowest BCUT2D eigenvalue weighted by Crippen LogP contribution is -2.38. The number of thiol groups is 1. The molecule has 0 saturated carbocycles. The summed E-state index contributed by atoms with van der Waals surface area (Å²) in [5.74, 6) is 0.304. The highest BCUT2D eigenvalue weighted by atomic mass is 32.2. The van der Waals surface area contributed by atoms with Crippen LogP contribution < -0.4 is 10.5 Å². The van der Waals surface area contributed by atoms with E-state index in [1.807, 2.05) is 6.26 Å². The average molecular weight is 166 g/mol. The van der Waals surface area contributed by atoms with Gasteiger partial charge in [0, 0.05) is 5.75 Å². The molecule has 0 radical (unpaired) electrons. The van der Waals surface area contributed by atoms with Crippen molar-refractivity contribution < 1.29 is 4.79 Å².